The molecule has 0 amide bonds. The molecule has 1 N–H and O–H groups in total. The molecule has 0 bridgehead atoms. The van der Waals surface area contributed by atoms with Crippen molar-refractivity contribution in [1.82, 2.24) is 15.1 Å². The Hall–Kier alpha value is -0.200. The van der Waals surface area contributed by atoms with Crippen molar-refractivity contribution >= 4 is 0 Å². The van der Waals surface area contributed by atoms with Crippen molar-refractivity contribution in [2.75, 3.05) is 60.0 Å². The molecule has 1 fully saturated rings. The van der Waals surface area contributed by atoms with E-state index >= 15 is 0 Å². The average Bonchev–Trinajstić information content (AvgIpc) is 2.34. The molecule has 0 saturated carbocycles. The Bertz CT molecular complexity index is 210. The Morgan fingerprint density at radius 2 is 1.83 bits per heavy atom. The summed E-state index contributed by atoms with van der Waals surface area (Å²) in [6, 6.07) is 0.577. The van der Waals surface area contributed by atoms with Crippen LogP contribution in [-0.2, 0) is 9.47 Å². The van der Waals surface area contributed by atoms with Crippen LogP contribution in [0.2, 0.25) is 0 Å². The van der Waals surface area contributed by atoms with E-state index in [1.54, 1.807) is 0 Å². The lowest BCUT2D eigenvalue weighted by Gasteiger charge is -2.38. The van der Waals surface area contributed by atoms with Crippen LogP contribution in [0.3, 0.4) is 0 Å². The van der Waals surface area contributed by atoms with Gasteiger partial charge in [-0.15, -0.1) is 0 Å². The van der Waals surface area contributed by atoms with Crippen molar-refractivity contribution in [2.24, 2.45) is 0 Å². The minimum atomic E-state index is -0.119. The third kappa shape index (κ3) is 5.63. The molecule has 1 heterocycles. The number of hydrogen-bond donors (Lipinski definition) is 1. The average molecular weight is 259 g/mol. The predicted molar refractivity (Wildman–Crippen MR) is 73.8 cm³/mol. The number of nitrogens with zero attached hydrogens (tertiary/aromatic N) is 2. The second kappa shape index (κ2) is 8.82. The van der Waals surface area contributed by atoms with Gasteiger partial charge in [0.1, 0.15) is 0 Å². The fourth-order valence-electron chi connectivity index (χ4n) is 2.23. The van der Waals surface area contributed by atoms with Crippen molar-refractivity contribution in [3.63, 3.8) is 0 Å². The van der Waals surface area contributed by atoms with Crippen LogP contribution in [0, 0.1) is 0 Å². The lowest BCUT2D eigenvalue weighted by Crippen LogP contribution is -2.54. The van der Waals surface area contributed by atoms with Crippen LogP contribution >= 0.6 is 0 Å². The molecular weight excluding hydrogens is 230 g/mol. The van der Waals surface area contributed by atoms with E-state index in [1.807, 2.05) is 13.8 Å². The summed E-state index contributed by atoms with van der Waals surface area (Å²) < 4.78 is 11.0. The third-order valence-electron chi connectivity index (χ3n) is 3.38. The summed E-state index contributed by atoms with van der Waals surface area (Å²) in [5.41, 5.74) is 0. The highest BCUT2D eigenvalue weighted by Gasteiger charge is 2.21. The van der Waals surface area contributed by atoms with Crippen LogP contribution in [-0.4, -0.2) is 82.2 Å². The van der Waals surface area contributed by atoms with Gasteiger partial charge in [-0.3, -0.25) is 4.90 Å². The molecule has 1 rings (SSSR count). The van der Waals surface area contributed by atoms with Gasteiger partial charge in [-0.1, -0.05) is 0 Å². The summed E-state index contributed by atoms with van der Waals surface area (Å²) in [4.78, 5) is 4.80. The molecule has 0 aromatic rings. The highest BCUT2D eigenvalue weighted by atomic mass is 16.7. The van der Waals surface area contributed by atoms with Crippen molar-refractivity contribution in [3.05, 3.63) is 0 Å². The molecule has 0 aromatic carbocycles. The second-order valence-electron chi connectivity index (χ2n) is 4.90. The van der Waals surface area contributed by atoms with Gasteiger partial charge in [0.25, 0.3) is 0 Å². The van der Waals surface area contributed by atoms with E-state index in [2.05, 4.69) is 29.2 Å². The zero-order valence-corrected chi connectivity index (χ0v) is 12.3. The molecule has 0 radical (unpaired) electrons. The largest absolute Gasteiger partial charge is 0.352 e. The summed E-state index contributed by atoms with van der Waals surface area (Å²) in [5, 5.41) is 3.46. The molecule has 1 atom stereocenters. The lowest BCUT2D eigenvalue weighted by molar-refractivity contribution is -0.133. The Morgan fingerprint density at radius 3 is 2.44 bits per heavy atom. The molecule has 0 spiro atoms. The van der Waals surface area contributed by atoms with Gasteiger partial charge in [-0.25, -0.2) is 0 Å². The first kappa shape index (κ1) is 15.9. The van der Waals surface area contributed by atoms with Gasteiger partial charge >= 0.3 is 0 Å². The summed E-state index contributed by atoms with van der Waals surface area (Å²) in [6.07, 6.45) is -0.119. The topological polar surface area (TPSA) is 37.0 Å². The SMILES string of the molecule is CCOC(CNCC1CN(C)CCN1C)OCC. The summed E-state index contributed by atoms with van der Waals surface area (Å²) in [6.45, 7) is 10.5. The molecule has 108 valence electrons. The number of nitrogens with one attached hydrogen (secondary N) is 1. The molecular formula is C13H29N3O2. The first-order valence-electron chi connectivity index (χ1n) is 7.00. The van der Waals surface area contributed by atoms with E-state index in [-0.39, 0.29) is 6.29 Å². The predicted octanol–water partition coefficient (Wildman–Crippen LogP) is 0.221. The summed E-state index contributed by atoms with van der Waals surface area (Å²) in [7, 11) is 4.38. The fourth-order valence-corrected chi connectivity index (χ4v) is 2.23. The Morgan fingerprint density at radius 1 is 1.17 bits per heavy atom. The van der Waals surface area contributed by atoms with Gasteiger partial charge in [-0.05, 0) is 27.9 Å². The monoisotopic (exact) mass is 259 g/mol. The maximum atomic E-state index is 5.51. The minimum absolute atomic E-state index is 0.119. The quantitative estimate of drug-likeness (QED) is 0.631. The number of piperazine rings is 1. The minimum Gasteiger partial charge on any atom is -0.352 e. The van der Waals surface area contributed by atoms with Gasteiger partial charge in [-0.2, -0.15) is 0 Å². The fraction of sp³-hybridized carbons (Fsp3) is 1.00. The zero-order chi connectivity index (χ0) is 13.4. The van der Waals surface area contributed by atoms with Crippen LogP contribution < -0.4 is 5.32 Å². The van der Waals surface area contributed by atoms with E-state index in [4.69, 9.17) is 9.47 Å². The maximum absolute atomic E-state index is 5.51. The third-order valence-corrected chi connectivity index (χ3v) is 3.38. The molecule has 0 aromatic heterocycles. The molecule has 1 saturated heterocycles. The number of ether oxygens (including phenoxy) is 2. The molecule has 1 unspecified atom stereocenters. The van der Waals surface area contributed by atoms with Gasteiger partial charge in [0.15, 0.2) is 6.29 Å². The second-order valence-corrected chi connectivity index (χ2v) is 4.90. The van der Waals surface area contributed by atoms with E-state index in [0.717, 1.165) is 32.7 Å². The maximum Gasteiger partial charge on any atom is 0.169 e. The number of hydrogen-bond acceptors (Lipinski definition) is 5. The summed E-state index contributed by atoms with van der Waals surface area (Å²) >= 11 is 0. The van der Waals surface area contributed by atoms with Crippen molar-refractivity contribution in [3.8, 4) is 0 Å². The standard InChI is InChI=1S/C13H29N3O2/c1-5-17-13(18-6-2)10-14-9-12-11-15(3)7-8-16(12)4/h12-14H,5-11H2,1-4H3. The van der Waals surface area contributed by atoms with Gasteiger partial charge in [0, 0.05) is 52.0 Å². The normalized spacial score (nSPS) is 22.8. The molecule has 1 aliphatic rings. The molecule has 0 aliphatic carbocycles. The molecule has 18 heavy (non-hydrogen) atoms. The first-order valence-corrected chi connectivity index (χ1v) is 7.00. The highest BCUT2D eigenvalue weighted by Crippen LogP contribution is 2.04. The Kier molecular flexibility index (Phi) is 7.77. The van der Waals surface area contributed by atoms with Crippen molar-refractivity contribution < 1.29 is 9.47 Å². The van der Waals surface area contributed by atoms with Crippen LogP contribution in [0.4, 0.5) is 0 Å². The smallest absolute Gasteiger partial charge is 0.169 e. The Balaban J connectivity index is 2.21. The van der Waals surface area contributed by atoms with E-state index in [1.165, 1.54) is 0 Å². The number of likely N-dealkylation sites (N-methyl/N-ethyl adjacent to an activating group) is 2. The van der Waals surface area contributed by atoms with Gasteiger partial charge in [0.2, 0.25) is 0 Å². The van der Waals surface area contributed by atoms with E-state index < -0.39 is 0 Å². The number of rotatable bonds is 8. The van der Waals surface area contributed by atoms with Crippen LogP contribution in [0.1, 0.15) is 13.8 Å². The first-order chi connectivity index (χ1) is 8.67. The Labute approximate surface area is 111 Å². The highest BCUT2D eigenvalue weighted by molar-refractivity contribution is 4.80. The van der Waals surface area contributed by atoms with Gasteiger partial charge in [0.05, 0.1) is 0 Å². The van der Waals surface area contributed by atoms with Crippen LogP contribution in [0.15, 0.2) is 0 Å². The van der Waals surface area contributed by atoms with E-state index in [0.29, 0.717) is 19.3 Å². The van der Waals surface area contributed by atoms with Crippen molar-refractivity contribution in [2.45, 2.75) is 26.2 Å². The van der Waals surface area contributed by atoms with Gasteiger partial charge < -0.3 is 19.7 Å². The van der Waals surface area contributed by atoms with Crippen molar-refractivity contribution in [1.29, 1.82) is 0 Å². The molecule has 5 heteroatoms. The lowest BCUT2D eigenvalue weighted by atomic mass is 10.2. The molecule has 5 nitrogen and oxygen atoms in total. The summed E-state index contributed by atoms with van der Waals surface area (Å²) in [5.74, 6) is 0. The molecule has 1 aliphatic heterocycles. The zero-order valence-electron chi connectivity index (χ0n) is 12.3. The van der Waals surface area contributed by atoms with Crippen LogP contribution in [0.5, 0.6) is 0 Å². The van der Waals surface area contributed by atoms with E-state index in [9.17, 15) is 0 Å². The van der Waals surface area contributed by atoms with Crippen LogP contribution in [0.25, 0.3) is 0 Å².